The Morgan fingerprint density at radius 3 is 3.00 bits per heavy atom. The third-order valence-electron chi connectivity index (χ3n) is 2.13. The Morgan fingerprint density at radius 2 is 2.23 bits per heavy atom. The second kappa shape index (κ2) is 3.40. The molecule has 0 aliphatic carbocycles. The molecule has 0 bridgehead atoms. The number of aliphatic hydroxyl groups is 1. The first-order chi connectivity index (χ1) is 6.33. The molecule has 2 N–H and O–H groups in total. The number of aromatic amines is 1. The number of hydrogen-bond donors (Lipinski definition) is 2. The highest BCUT2D eigenvalue weighted by atomic mass is 35.5. The maximum atomic E-state index is 8.85. The maximum Gasteiger partial charge on any atom is 0.0662 e. The molecule has 0 amide bonds. The molecule has 0 saturated carbocycles. The second-order valence-corrected chi connectivity index (χ2v) is 3.36. The standard InChI is InChI=1S/C10H10ClNO/c11-8-6-12-9-3-1-2-7(4-5-13)10(8)9/h1-3,6,12-13H,4-5H2. The van der Waals surface area contributed by atoms with Gasteiger partial charge in [-0.3, -0.25) is 0 Å². The molecule has 2 rings (SSSR count). The number of aromatic nitrogens is 1. The molecule has 0 fully saturated rings. The summed E-state index contributed by atoms with van der Waals surface area (Å²) in [6.07, 6.45) is 2.42. The average Bonchev–Trinajstić information content (AvgIpc) is 2.50. The van der Waals surface area contributed by atoms with E-state index in [9.17, 15) is 0 Å². The van der Waals surface area contributed by atoms with Crippen LogP contribution in [-0.2, 0) is 6.42 Å². The molecule has 2 nitrogen and oxygen atoms in total. The summed E-state index contributed by atoms with van der Waals surface area (Å²) in [7, 11) is 0. The van der Waals surface area contributed by atoms with Crippen LogP contribution in [0.15, 0.2) is 24.4 Å². The molecule has 0 spiro atoms. The second-order valence-electron chi connectivity index (χ2n) is 2.95. The van der Waals surface area contributed by atoms with Crippen LogP contribution in [0.1, 0.15) is 5.56 Å². The SMILES string of the molecule is OCCc1cccc2[nH]cc(Cl)c12. The summed E-state index contributed by atoms with van der Waals surface area (Å²) < 4.78 is 0. The molecule has 3 heteroatoms. The summed E-state index contributed by atoms with van der Waals surface area (Å²) in [4.78, 5) is 3.07. The van der Waals surface area contributed by atoms with Gasteiger partial charge in [0.25, 0.3) is 0 Å². The van der Waals surface area contributed by atoms with Crippen LogP contribution in [0.25, 0.3) is 10.9 Å². The van der Waals surface area contributed by atoms with Crippen LogP contribution < -0.4 is 0 Å². The van der Waals surface area contributed by atoms with Crippen molar-refractivity contribution in [2.45, 2.75) is 6.42 Å². The van der Waals surface area contributed by atoms with Gasteiger partial charge in [-0.1, -0.05) is 23.7 Å². The normalized spacial score (nSPS) is 10.9. The lowest BCUT2D eigenvalue weighted by Crippen LogP contribution is -1.90. The monoisotopic (exact) mass is 195 g/mol. The average molecular weight is 196 g/mol. The fourth-order valence-corrected chi connectivity index (χ4v) is 1.82. The topological polar surface area (TPSA) is 36.0 Å². The number of nitrogens with one attached hydrogen (secondary N) is 1. The van der Waals surface area contributed by atoms with Gasteiger partial charge in [-0.05, 0) is 18.1 Å². The van der Waals surface area contributed by atoms with Gasteiger partial charge in [-0.2, -0.15) is 0 Å². The molecule has 0 unspecified atom stereocenters. The van der Waals surface area contributed by atoms with Crippen molar-refractivity contribution < 1.29 is 5.11 Å². The van der Waals surface area contributed by atoms with E-state index in [0.29, 0.717) is 6.42 Å². The van der Waals surface area contributed by atoms with Crippen molar-refractivity contribution in [2.24, 2.45) is 0 Å². The minimum Gasteiger partial charge on any atom is -0.396 e. The molecule has 0 aliphatic rings. The number of benzene rings is 1. The van der Waals surface area contributed by atoms with E-state index in [1.54, 1.807) is 6.20 Å². The zero-order valence-electron chi connectivity index (χ0n) is 7.05. The molecule has 2 aromatic rings. The van der Waals surface area contributed by atoms with E-state index >= 15 is 0 Å². The quantitative estimate of drug-likeness (QED) is 0.759. The lowest BCUT2D eigenvalue weighted by molar-refractivity contribution is 0.300. The summed E-state index contributed by atoms with van der Waals surface area (Å²) in [5, 5.41) is 10.6. The van der Waals surface area contributed by atoms with Gasteiger partial charge in [0.1, 0.15) is 0 Å². The van der Waals surface area contributed by atoms with E-state index in [1.807, 2.05) is 18.2 Å². The van der Waals surface area contributed by atoms with Gasteiger partial charge < -0.3 is 10.1 Å². The minimum atomic E-state index is 0.153. The van der Waals surface area contributed by atoms with Crippen molar-refractivity contribution in [3.8, 4) is 0 Å². The molecule has 0 aliphatic heterocycles. The van der Waals surface area contributed by atoms with E-state index in [4.69, 9.17) is 16.7 Å². The van der Waals surface area contributed by atoms with Crippen LogP contribution in [0.2, 0.25) is 5.02 Å². The molecule has 68 valence electrons. The zero-order valence-corrected chi connectivity index (χ0v) is 7.80. The molecule has 0 atom stereocenters. The third kappa shape index (κ3) is 1.43. The van der Waals surface area contributed by atoms with Crippen LogP contribution in [0, 0.1) is 0 Å². The van der Waals surface area contributed by atoms with Gasteiger partial charge in [0.15, 0.2) is 0 Å². The highest BCUT2D eigenvalue weighted by Gasteiger charge is 2.05. The fourth-order valence-electron chi connectivity index (χ4n) is 1.54. The summed E-state index contributed by atoms with van der Waals surface area (Å²) >= 11 is 6.00. The Labute approximate surface area is 81.1 Å². The number of H-pyrrole nitrogens is 1. The van der Waals surface area contributed by atoms with Gasteiger partial charge in [0.05, 0.1) is 5.02 Å². The molecule has 1 aromatic heterocycles. The van der Waals surface area contributed by atoms with Crippen molar-refractivity contribution >= 4 is 22.5 Å². The summed E-state index contributed by atoms with van der Waals surface area (Å²) in [5.74, 6) is 0. The molecule has 13 heavy (non-hydrogen) atoms. The van der Waals surface area contributed by atoms with E-state index in [2.05, 4.69) is 4.98 Å². The third-order valence-corrected chi connectivity index (χ3v) is 2.42. The Balaban J connectivity index is 2.65. The first-order valence-corrected chi connectivity index (χ1v) is 4.56. The molecular weight excluding hydrogens is 186 g/mol. The Bertz CT molecular complexity index is 422. The van der Waals surface area contributed by atoms with Crippen LogP contribution in [0.3, 0.4) is 0 Å². The van der Waals surface area contributed by atoms with E-state index < -0.39 is 0 Å². The first kappa shape index (κ1) is 8.60. The van der Waals surface area contributed by atoms with Crippen LogP contribution in [0.5, 0.6) is 0 Å². The fraction of sp³-hybridized carbons (Fsp3) is 0.200. The van der Waals surface area contributed by atoms with Crippen molar-refractivity contribution in [2.75, 3.05) is 6.61 Å². The maximum absolute atomic E-state index is 8.85. The zero-order chi connectivity index (χ0) is 9.26. The van der Waals surface area contributed by atoms with E-state index in [0.717, 1.165) is 21.5 Å². The Morgan fingerprint density at radius 1 is 1.38 bits per heavy atom. The van der Waals surface area contributed by atoms with Gasteiger partial charge in [-0.15, -0.1) is 0 Å². The van der Waals surface area contributed by atoms with Crippen LogP contribution in [-0.4, -0.2) is 16.7 Å². The van der Waals surface area contributed by atoms with E-state index in [-0.39, 0.29) is 6.61 Å². The Kier molecular flexibility index (Phi) is 2.25. The number of aliphatic hydroxyl groups excluding tert-OH is 1. The van der Waals surface area contributed by atoms with Crippen LogP contribution >= 0.6 is 11.6 Å². The summed E-state index contributed by atoms with van der Waals surface area (Å²) in [6.45, 7) is 0.153. The highest BCUT2D eigenvalue weighted by Crippen LogP contribution is 2.26. The van der Waals surface area contributed by atoms with Gasteiger partial charge in [0.2, 0.25) is 0 Å². The molecule has 0 saturated heterocycles. The number of hydrogen-bond acceptors (Lipinski definition) is 1. The first-order valence-electron chi connectivity index (χ1n) is 4.18. The van der Waals surface area contributed by atoms with Crippen molar-refractivity contribution in [3.63, 3.8) is 0 Å². The molecular formula is C10H10ClNO. The van der Waals surface area contributed by atoms with E-state index in [1.165, 1.54) is 0 Å². The van der Waals surface area contributed by atoms with Gasteiger partial charge in [0, 0.05) is 23.7 Å². The van der Waals surface area contributed by atoms with Crippen molar-refractivity contribution in [1.82, 2.24) is 4.98 Å². The minimum absolute atomic E-state index is 0.153. The lowest BCUT2D eigenvalue weighted by atomic mass is 10.1. The van der Waals surface area contributed by atoms with Gasteiger partial charge >= 0.3 is 0 Å². The Hall–Kier alpha value is -0.990. The lowest BCUT2D eigenvalue weighted by Gasteiger charge is -2.00. The number of fused-ring (bicyclic) bond motifs is 1. The smallest absolute Gasteiger partial charge is 0.0662 e. The van der Waals surface area contributed by atoms with Gasteiger partial charge in [-0.25, -0.2) is 0 Å². The summed E-state index contributed by atoms with van der Waals surface area (Å²) in [5.41, 5.74) is 2.11. The molecule has 1 heterocycles. The number of rotatable bonds is 2. The molecule has 0 radical (unpaired) electrons. The largest absolute Gasteiger partial charge is 0.396 e. The summed E-state index contributed by atoms with van der Waals surface area (Å²) in [6, 6.07) is 5.92. The molecule has 1 aromatic carbocycles. The van der Waals surface area contributed by atoms with Crippen LogP contribution in [0.4, 0.5) is 0 Å². The predicted octanol–water partition coefficient (Wildman–Crippen LogP) is 2.36. The predicted molar refractivity (Wildman–Crippen MR) is 54.1 cm³/mol. The number of halogens is 1. The van der Waals surface area contributed by atoms with Crippen molar-refractivity contribution in [3.05, 3.63) is 35.0 Å². The highest BCUT2D eigenvalue weighted by molar-refractivity contribution is 6.35. The van der Waals surface area contributed by atoms with Crippen molar-refractivity contribution in [1.29, 1.82) is 0 Å².